The molecule has 1 aliphatic rings. The van der Waals surface area contributed by atoms with Gasteiger partial charge in [0.15, 0.2) is 0 Å². The van der Waals surface area contributed by atoms with Gasteiger partial charge >= 0.3 is 0 Å². The number of rotatable bonds is 4. The number of nitrogens with one attached hydrogen (secondary N) is 1. The summed E-state index contributed by atoms with van der Waals surface area (Å²) < 4.78 is 27.4. The second-order valence-electron chi connectivity index (χ2n) is 6.31. The second-order valence-corrected chi connectivity index (χ2v) is 8.21. The Balaban J connectivity index is 1.96. The van der Waals surface area contributed by atoms with Gasteiger partial charge in [-0.3, -0.25) is 9.78 Å². The third-order valence-corrected chi connectivity index (χ3v) is 6.53. The lowest BCUT2D eigenvalue weighted by molar-refractivity contribution is -0.122. The third-order valence-electron chi connectivity index (χ3n) is 4.67. The van der Waals surface area contributed by atoms with Gasteiger partial charge in [0.25, 0.3) is 0 Å². The van der Waals surface area contributed by atoms with Crippen molar-refractivity contribution in [2.24, 2.45) is 5.92 Å². The average Bonchev–Trinajstić information content (AvgIpc) is 2.96. The Kier molecular flexibility index (Phi) is 4.77. The second kappa shape index (κ2) is 6.70. The number of pyridine rings is 1. The number of para-hydroxylation sites is 1. The van der Waals surface area contributed by atoms with E-state index in [1.54, 1.807) is 12.3 Å². The monoisotopic (exact) mass is 363 g/mol. The lowest BCUT2D eigenvalue weighted by Crippen LogP contribution is -2.30. The summed E-state index contributed by atoms with van der Waals surface area (Å²) in [5, 5.41) is 13.5. The first-order valence-corrected chi connectivity index (χ1v) is 9.51. The predicted octanol–water partition coefficient (Wildman–Crippen LogP) is 0.661. The Morgan fingerprint density at radius 2 is 2.12 bits per heavy atom. The SMILES string of the molecule is CNC(=O)C[C@@H]1CN(S(=O)(=O)c2cccc3c(C)ccnc23)C[C@H]1O. The van der Waals surface area contributed by atoms with E-state index in [-0.39, 0.29) is 30.3 Å². The molecule has 134 valence electrons. The van der Waals surface area contributed by atoms with Gasteiger partial charge in [-0.05, 0) is 24.6 Å². The molecule has 3 rings (SSSR count). The van der Waals surface area contributed by atoms with Gasteiger partial charge in [-0.15, -0.1) is 0 Å². The average molecular weight is 363 g/mol. The molecule has 0 spiro atoms. The number of amides is 1. The highest BCUT2D eigenvalue weighted by Crippen LogP contribution is 2.30. The minimum atomic E-state index is -3.81. The van der Waals surface area contributed by atoms with Gasteiger partial charge in [-0.1, -0.05) is 12.1 Å². The molecule has 2 N–H and O–H groups in total. The Hall–Kier alpha value is -2.03. The van der Waals surface area contributed by atoms with Crippen molar-refractivity contribution >= 4 is 26.8 Å². The van der Waals surface area contributed by atoms with Crippen LogP contribution in [-0.4, -0.2) is 55.0 Å². The van der Waals surface area contributed by atoms with E-state index in [9.17, 15) is 18.3 Å². The largest absolute Gasteiger partial charge is 0.391 e. The first-order valence-electron chi connectivity index (χ1n) is 8.07. The number of aryl methyl sites for hydroxylation is 1. The van der Waals surface area contributed by atoms with Crippen LogP contribution in [0.4, 0.5) is 0 Å². The van der Waals surface area contributed by atoms with Crippen LogP contribution in [0.25, 0.3) is 10.9 Å². The van der Waals surface area contributed by atoms with E-state index in [4.69, 9.17) is 0 Å². The van der Waals surface area contributed by atoms with Gasteiger partial charge in [0.05, 0.1) is 11.6 Å². The van der Waals surface area contributed by atoms with Gasteiger partial charge in [0.1, 0.15) is 4.90 Å². The number of hydrogen-bond donors (Lipinski definition) is 2. The normalized spacial score (nSPS) is 21.6. The van der Waals surface area contributed by atoms with Crippen molar-refractivity contribution in [2.75, 3.05) is 20.1 Å². The number of hydrogen-bond acceptors (Lipinski definition) is 5. The van der Waals surface area contributed by atoms with Crippen LogP contribution in [0.15, 0.2) is 35.4 Å². The number of fused-ring (bicyclic) bond motifs is 1. The fraction of sp³-hybridized carbons (Fsp3) is 0.412. The highest BCUT2D eigenvalue weighted by molar-refractivity contribution is 7.89. The van der Waals surface area contributed by atoms with E-state index in [0.29, 0.717) is 5.52 Å². The molecule has 0 radical (unpaired) electrons. The van der Waals surface area contributed by atoms with E-state index in [0.717, 1.165) is 10.9 Å². The van der Waals surface area contributed by atoms with Crippen LogP contribution in [0.2, 0.25) is 0 Å². The van der Waals surface area contributed by atoms with Crippen molar-refractivity contribution in [1.82, 2.24) is 14.6 Å². The first kappa shape index (κ1) is 17.8. The maximum Gasteiger partial charge on any atom is 0.245 e. The summed E-state index contributed by atoms with van der Waals surface area (Å²) in [4.78, 5) is 15.9. The molecule has 1 aromatic carbocycles. The zero-order valence-electron chi connectivity index (χ0n) is 14.1. The minimum absolute atomic E-state index is 0.0216. The molecule has 1 fully saturated rings. The Morgan fingerprint density at radius 3 is 2.84 bits per heavy atom. The molecule has 1 amide bonds. The lowest BCUT2D eigenvalue weighted by Gasteiger charge is -2.17. The number of benzene rings is 1. The first-order chi connectivity index (χ1) is 11.8. The number of nitrogens with zero attached hydrogens (tertiary/aromatic N) is 2. The standard InChI is InChI=1S/C17H21N3O4S/c1-11-6-7-19-17-13(11)4-3-5-15(17)25(23,24)20-9-12(14(21)10-20)8-16(22)18-2/h3-7,12,14,21H,8-10H2,1-2H3,(H,18,22)/t12-,14-/m1/s1. The molecule has 2 aromatic rings. The fourth-order valence-electron chi connectivity index (χ4n) is 3.19. The van der Waals surface area contributed by atoms with Gasteiger partial charge in [-0.25, -0.2) is 8.42 Å². The fourth-order valence-corrected chi connectivity index (χ4v) is 4.86. The number of aliphatic hydroxyl groups is 1. The van der Waals surface area contributed by atoms with Crippen molar-refractivity contribution in [1.29, 1.82) is 0 Å². The molecular weight excluding hydrogens is 342 g/mol. The molecule has 2 atom stereocenters. The third kappa shape index (κ3) is 3.24. The molecular formula is C17H21N3O4S. The molecule has 0 saturated carbocycles. The maximum absolute atomic E-state index is 13.1. The Bertz CT molecular complexity index is 913. The molecule has 0 unspecified atom stereocenters. The van der Waals surface area contributed by atoms with Crippen LogP contribution in [-0.2, 0) is 14.8 Å². The summed E-state index contributed by atoms with van der Waals surface area (Å²) in [6.45, 7) is 1.99. The molecule has 1 aromatic heterocycles. The Labute approximate surface area is 146 Å². The number of aromatic nitrogens is 1. The quantitative estimate of drug-likeness (QED) is 0.831. The van der Waals surface area contributed by atoms with Gasteiger partial charge in [0.2, 0.25) is 15.9 Å². The molecule has 0 bridgehead atoms. The van der Waals surface area contributed by atoms with E-state index < -0.39 is 22.0 Å². The van der Waals surface area contributed by atoms with E-state index in [1.165, 1.54) is 17.4 Å². The summed E-state index contributed by atoms with van der Waals surface area (Å²) in [6, 6.07) is 6.89. The van der Waals surface area contributed by atoms with Crippen molar-refractivity contribution in [3.05, 3.63) is 36.0 Å². The molecule has 0 aliphatic carbocycles. The molecule has 1 aliphatic heterocycles. The predicted molar refractivity (Wildman–Crippen MR) is 93.4 cm³/mol. The van der Waals surface area contributed by atoms with Crippen LogP contribution in [0.1, 0.15) is 12.0 Å². The maximum atomic E-state index is 13.1. The van der Waals surface area contributed by atoms with E-state index in [2.05, 4.69) is 10.3 Å². The topological polar surface area (TPSA) is 99.6 Å². The number of aliphatic hydroxyl groups excluding tert-OH is 1. The van der Waals surface area contributed by atoms with Crippen molar-refractivity contribution in [3.63, 3.8) is 0 Å². The van der Waals surface area contributed by atoms with Gasteiger partial charge in [-0.2, -0.15) is 4.31 Å². The highest BCUT2D eigenvalue weighted by Gasteiger charge is 2.39. The van der Waals surface area contributed by atoms with Crippen molar-refractivity contribution < 1.29 is 18.3 Å². The number of β-amino-alcohol motifs (C(OH)–C–C–N with tert-alkyl or cyclic N) is 1. The molecule has 8 heteroatoms. The van der Waals surface area contributed by atoms with E-state index >= 15 is 0 Å². The summed E-state index contributed by atoms with van der Waals surface area (Å²) >= 11 is 0. The molecule has 2 heterocycles. The number of carbonyl (C=O) groups is 1. The van der Waals surface area contributed by atoms with Crippen LogP contribution >= 0.6 is 0 Å². The van der Waals surface area contributed by atoms with Crippen LogP contribution in [0.5, 0.6) is 0 Å². The Morgan fingerprint density at radius 1 is 1.36 bits per heavy atom. The van der Waals surface area contributed by atoms with Gasteiger partial charge in [0, 0.05) is 44.1 Å². The summed E-state index contributed by atoms with van der Waals surface area (Å²) in [6.07, 6.45) is 0.817. The molecule has 7 nitrogen and oxygen atoms in total. The molecule has 25 heavy (non-hydrogen) atoms. The lowest BCUT2D eigenvalue weighted by atomic mass is 10.0. The zero-order valence-corrected chi connectivity index (χ0v) is 15.0. The molecule has 1 saturated heterocycles. The number of sulfonamides is 1. The summed E-state index contributed by atoms with van der Waals surface area (Å²) in [5.41, 5.74) is 1.37. The smallest absolute Gasteiger partial charge is 0.245 e. The van der Waals surface area contributed by atoms with Crippen LogP contribution in [0, 0.1) is 12.8 Å². The minimum Gasteiger partial charge on any atom is -0.391 e. The van der Waals surface area contributed by atoms with Crippen molar-refractivity contribution in [3.8, 4) is 0 Å². The van der Waals surface area contributed by atoms with Crippen molar-refractivity contribution in [2.45, 2.75) is 24.3 Å². The van der Waals surface area contributed by atoms with Crippen LogP contribution < -0.4 is 5.32 Å². The van der Waals surface area contributed by atoms with Crippen LogP contribution in [0.3, 0.4) is 0 Å². The highest BCUT2D eigenvalue weighted by atomic mass is 32.2. The summed E-state index contributed by atoms with van der Waals surface area (Å²) in [5.74, 6) is -0.634. The summed E-state index contributed by atoms with van der Waals surface area (Å²) in [7, 11) is -2.30. The van der Waals surface area contributed by atoms with E-state index in [1.807, 2.05) is 19.1 Å². The van der Waals surface area contributed by atoms with Gasteiger partial charge < -0.3 is 10.4 Å². The number of carbonyl (C=O) groups excluding carboxylic acids is 1. The zero-order chi connectivity index (χ0) is 18.2.